The molecular formula is C13H13N3. The van der Waals surface area contributed by atoms with E-state index in [1.54, 1.807) is 12.3 Å². The SMILES string of the molecule is Nc1ccnc([C@H]2CCc3ccccc32)n1. The lowest BCUT2D eigenvalue weighted by Gasteiger charge is -2.09. The summed E-state index contributed by atoms with van der Waals surface area (Å²) in [7, 11) is 0. The van der Waals surface area contributed by atoms with Crippen molar-refractivity contribution in [2.24, 2.45) is 0 Å². The summed E-state index contributed by atoms with van der Waals surface area (Å²) in [5.74, 6) is 1.72. The zero-order chi connectivity index (χ0) is 11.0. The molecule has 0 saturated heterocycles. The van der Waals surface area contributed by atoms with Gasteiger partial charge in [-0.15, -0.1) is 0 Å². The van der Waals surface area contributed by atoms with Crippen molar-refractivity contribution in [2.45, 2.75) is 18.8 Å². The smallest absolute Gasteiger partial charge is 0.138 e. The largest absolute Gasteiger partial charge is 0.384 e. The number of rotatable bonds is 1. The lowest BCUT2D eigenvalue weighted by molar-refractivity contribution is 0.730. The molecule has 80 valence electrons. The van der Waals surface area contributed by atoms with Crippen LogP contribution < -0.4 is 5.73 Å². The van der Waals surface area contributed by atoms with Gasteiger partial charge in [0.1, 0.15) is 11.6 Å². The van der Waals surface area contributed by atoms with Gasteiger partial charge < -0.3 is 5.73 Å². The third kappa shape index (κ3) is 1.45. The Hall–Kier alpha value is -1.90. The van der Waals surface area contributed by atoms with Crippen molar-refractivity contribution in [2.75, 3.05) is 5.73 Å². The van der Waals surface area contributed by atoms with Crippen LogP contribution >= 0.6 is 0 Å². The van der Waals surface area contributed by atoms with Crippen molar-refractivity contribution in [3.8, 4) is 0 Å². The van der Waals surface area contributed by atoms with E-state index in [9.17, 15) is 0 Å². The van der Waals surface area contributed by atoms with E-state index in [2.05, 4.69) is 34.2 Å². The minimum absolute atomic E-state index is 0.319. The second kappa shape index (κ2) is 3.59. The fraction of sp³-hybridized carbons (Fsp3) is 0.231. The topological polar surface area (TPSA) is 51.8 Å². The summed E-state index contributed by atoms with van der Waals surface area (Å²) < 4.78 is 0. The van der Waals surface area contributed by atoms with Crippen LogP contribution in [0.4, 0.5) is 5.82 Å². The van der Waals surface area contributed by atoms with Crippen LogP contribution in [0.3, 0.4) is 0 Å². The minimum atomic E-state index is 0.319. The van der Waals surface area contributed by atoms with Gasteiger partial charge in [0.15, 0.2) is 0 Å². The lowest BCUT2D eigenvalue weighted by Crippen LogP contribution is -2.04. The summed E-state index contributed by atoms with van der Waals surface area (Å²) in [5, 5.41) is 0. The predicted octanol–water partition coefficient (Wildman–Crippen LogP) is 2.14. The van der Waals surface area contributed by atoms with E-state index in [1.165, 1.54) is 11.1 Å². The summed E-state index contributed by atoms with van der Waals surface area (Å²) in [4.78, 5) is 8.65. The number of nitrogens with two attached hydrogens (primary N) is 1. The fourth-order valence-electron chi connectivity index (χ4n) is 2.38. The molecule has 0 aliphatic heterocycles. The normalized spacial score (nSPS) is 18.4. The Morgan fingerprint density at radius 3 is 2.94 bits per heavy atom. The second-order valence-corrected chi connectivity index (χ2v) is 4.13. The van der Waals surface area contributed by atoms with Gasteiger partial charge in [-0.05, 0) is 30.0 Å². The van der Waals surface area contributed by atoms with Crippen LogP contribution in [0, 0.1) is 0 Å². The Bertz CT molecular complexity index is 522. The van der Waals surface area contributed by atoms with Crippen LogP contribution in [-0.2, 0) is 6.42 Å². The zero-order valence-corrected chi connectivity index (χ0v) is 8.93. The molecule has 1 heterocycles. The maximum atomic E-state index is 5.70. The van der Waals surface area contributed by atoms with Gasteiger partial charge in [-0.2, -0.15) is 0 Å². The first-order chi connectivity index (χ1) is 7.84. The summed E-state index contributed by atoms with van der Waals surface area (Å²) >= 11 is 0. The summed E-state index contributed by atoms with van der Waals surface area (Å²) in [5.41, 5.74) is 8.47. The molecule has 3 rings (SSSR count). The Morgan fingerprint density at radius 1 is 1.19 bits per heavy atom. The molecular weight excluding hydrogens is 198 g/mol. The molecule has 2 aromatic rings. The maximum absolute atomic E-state index is 5.70. The maximum Gasteiger partial charge on any atom is 0.138 e. The molecule has 2 N–H and O–H groups in total. The molecule has 0 fully saturated rings. The highest BCUT2D eigenvalue weighted by Crippen LogP contribution is 2.36. The van der Waals surface area contributed by atoms with Crippen molar-refractivity contribution in [3.05, 3.63) is 53.5 Å². The fourth-order valence-corrected chi connectivity index (χ4v) is 2.38. The number of aryl methyl sites for hydroxylation is 1. The quantitative estimate of drug-likeness (QED) is 0.786. The molecule has 1 aliphatic carbocycles. The van der Waals surface area contributed by atoms with Gasteiger partial charge >= 0.3 is 0 Å². The first-order valence-electron chi connectivity index (χ1n) is 5.51. The van der Waals surface area contributed by atoms with Crippen LogP contribution in [0.5, 0.6) is 0 Å². The number of nitrogen functional groups attached to an aromatic ring is 1. The first kappa shape index (κ1) is 9.33. The molecule has 1 aliphatic rings. The van der Waals surface area contributed by atoms with Gasteiger partial charge in [0.2, 0.25) is 0 Å². The number of benzene rings is 1. The van der Waals surface area contributed by atoms with Gasteiger partial charge in [0, 0.05) is 12.1 Å². The molecule has 1 atom stereocenters. The van der Waals surface area contributed by atoms with Gasteiger partial charge in [0.25, 0.3) is 0 Å². The van der Waals surface area contributed by atoms with Crippen molar-refractivity contribution >= 4 is 5.82 Å². The van der Waals surface area contributed by atoms with Gasteiger partial charge in [-0.3, -0.25) is 0 Å². The molecule has 0 unspecified atom stereocenters. The summed E-state index contributed by atoms with van der Waals surface area (Å²) in [6.45, 7) is 0. The zero-order valence-electron chi connectivity index (χ0n) is 8.93. The number of aromatic nitrogens is 2. The molecule has 0 radical (unpaired) electrons. The van der Waals surface area contributed by atoms with Crippen molar-refractivity contribution in [1.29, 1.82) is 0 Å². The number of fused-ring (bicyclic) bond motifs is 1. The third-order valence-electron chi connectivity index (χ3n) is 3.14. The highest BCUT2D eigenvalue weighted by atomic mass is 14.9. The summed E-state index contributed by atoms with van der Waals surface area (Å²) in [6, 6.07) is 10.2. The standard InChI is InChI=1S/C13H13N3/c14-12-7-8-15-13(16-12)11-6-5-9-3-1-2-4-10(9)11/h1-4,7-8,11H,5-6H2,(H2,14,15,16)/t11-/m0/s1. The van der Waals surface area contributed by atoms with E-state index in [0.717, 1.165) is 18.7 Å². The molecule has 0 bridgehead atoms. The molecule has 3 heteroatoms. The van der Waals surface area contributed by atoms with Crippen LogP contribution in [-0.4, -0.2) is 9.97 Å². The van der Waals surface area contributed by atoms with Crippen LogP contribution in [0.2, 0.25) is 0 Å². The minimum Gasteiger partial charge on any atom is -0.384 e. The van der Waals surface area contributed by atoms with E-state index < -0.39 is 0 Å². The van der Waals surface area contributed by atoms with Crippen molar-refractivity contribution in [1.82, 2.24) is 9.97 Å². The van der Waals surface area contributed by atoms with E-state index >= 15 is 0 Å². The van der Waals surface area contributed by atoms with Gasteiger partial charge in [-0.25, -0.2) is 9.97 Å². The molecule has 3 nitrogen and oxygen atoms in total. The number of nitrogens with zero attached hydrogens (tertiary/aromatic N) is 2. The van der Waals surface area contributed by atoms with Crippen LogP contribution in [0.1, 0.15) is 29.3 Å². The Kier molecular flexibility index (Phi) is 2.10. The van der Waals surface area contributed by atoms with Crippen molar-refractivity contribution < 1.29 is 0 Å². The highest BCUT2D eigenvalue weighted by Gasteiger charge is 2.25. The molecule has 16 heavy (non-hydrogen) atoms. The Balaban J connectivity index is 2.05. The monoisotopic (exact) mass is 211 g/mol. The van der Waals surface area contributed by atoms with E-state index in [-0.39, 0.29) is 0 Å². The molecule has 0 spiro atoms. The Labute approximate surface area is 94.4 Å². The third-order valence-corrected chi connectivity index (χ3v) is 3.14. The molecule has 0 amide bonds. The molecule has 1 aromatic heterocycles. The second-order valence-electron chi connectivity index (χ2n) is 4.13. The van der Waals surface area contributed by atoms with E-state index in [0.29, 0.717) is 11.7 Å². The van der Waals surface area contributed by atoms with Gasteiger partial charge in [0.05, 0.1) is 0 Å². The first-order valence-corrected chi connectivity index (χ1v) is 5.51. The average molecular weight is 211 g/mol. The predicted molar refractivity (Wildman–Crippen MR) is 63.1 cm³/mol. The van der Waals surface area contributed by atoms with Crippen LogP contribution in [0.25, 0.3) is 0 Å². The van der Waals surface area contributed by atoms with E-state index in [1.807, 2.05) is 0 Å². The molecule has 0 saturated carbocycles. The van der Waals surface area contributed by atoms with Crippen molar-refractivity contribution in [3.63, 3.8) is 0 Å². The van der Waals surface area contributed by atoms with Gasteiger partial charge in [-0.1, -0.05) is 24.3 Å². The van der Waals surface area contributed by atoms with Crippen LogP contribution in [0.15, 0.2) is 36.5 Å². The highest BCUT2D eigenvalue weighted by molar-refractivity contribution is 5.39. The van der Waals surface area contributed by atoms with E-state index in [4.69, 9.17) is 5.73 Å². The average Bonchev–Trinajstić information content (AvgIpc) is 2.72. The lowest BCUT2D eigenvalue weighted by atomic mass is 10.0. The Morgan fingerprint density at radius 2 is 2.06 bits per heavy atom. The number of hydrogen-bond donors (Lipinski definition) is 1. The summed E-state index contributed by atoms with van der Waals surface area (Å²) in [6.07, 6.45) is 3.93. The molecule has 1 aromatic carbocycles. The number of hydrogen-bond acceptors (Lipinski definition) is 3. The number of anilines is 1.